The number of aliphatic carboxylic acids is 1. The molecule has 18 heavy (non-hydrogen) atoms. The fourth-order valence-electron chi connectivity index (χ4n) is 1.14. The van der Waals surface area contributed by atoms with Crippen LogP contribution in [0.2, 0.25) is 0 Å². The Morgan fingerprint density at radius 2 is 2.00 bits per heavy atom. The normalized spacial score (nSPS) is 10.0. The van der Waals surface area contributed by atoms with Crippen LogP contribution in [0.1, 0.15) is 0 Å². The maximum absolute atomic E-state index is 11.4. The van der Waals surface area contributed by atoms with E-state index in [1.165, 1.54) is 11.8 Å². The largest absolute Gasteiger partial charge is 0.480 e. The molecule has 2 N–H and O–H groups in total. The number of nitrogens with one attached hydrogen (secondary N) is 1. The van der Waals surface area contributed by atoms with Gasteiger partial charge in [0.2, 0.25) is 5.91 Å². The predicted molar refractivity (Wildman–Crippen MR) is 68.6 cm³/mol. The van der Waals surface area contributed by atoms with Crippen molar-refractivity contribution in [1.82, 2.24) is 5.32 Å². The molecule has 0 aliphatic carbocycles. The molecule has 0 fully saturated rings. The van der Waals surface area contributed by atoms with Gasteiger partial charge < -0.3 is 15.2 Å². The van der Waals surface area contributed by atoms with Gasteiger partial charge in [-0.2, -0.15) is 0 Å². The first-order valence-electron chi connectivity index (χ1n) is 5.42. The van der Waals surface area contributed by atoms with Crippen LogP contribution in [0.15, 0.2) is 35.2 Å². The Balaban J connectivity index is 2.06. The van der Waals surface area contributed by atoms with Gasteiger partial charge in [0.05, 0.1) is 12.4 Å². The number of rotatable bonds is 8. The van der Waals surface area contributed by atoms with Crippen LogP contribution in [0.3, 0.4) is 0 Å². The van der Waals surface area contributed by atoms with Gasteiger partial charge in [0, 0.05) is 11.4 Å². The van der Waals surface area contributed by atoms with E-state index >= 15 is 0 Å². The standard InChI is InChI=1S/C12H15NO4S/c14-11(13-6-7-17-8-12(15)16)9-18-10-4-2-1-3-5-10/h1-5H,6-9H2,(H,13,14)(H,15,16). The highest BCUT2D eigenvalue weighted by molar-refractivity contribution is 8.00. The van der Waals surface area contributed by atoms with E-state index in [-0.39, 0.29) is 19.1 Å². The van der Waals surface area contributed by atoms with Gasteiger partial charge in [-0.3, -0.25) is 4.79 Å². The molecular weight excluding hydrogens is 254 g/mol. The van der Waals surface area contributed by atoms with Crippen molar-refractivity contribution in [1.29, 1.82) is 0 Å². The summed E-state index contributed by atoms with van der Waals surface area (Å²) >= 11 is 1.45. The molecule has 0 radical (unpaired) electrons. The third-order valence-electron chi connectivity index (χ3n) is 1.91. The maximum atomic E-state index is 11.4. The fourth-order valence-corrected chi connectivity index (χ4v) is 1.89. The lowest BCUT2D eigenvalue weighted by molar-refractivity contribution is -0.142. The number of carboxylic acids is 1. The summed E-state index contributed by atoms with van der Waals surface area (Å²) in [6.45, 7) is 0.185. The number of hydrogen-bond acceptors (Lipinski definition) is 4. The molecular formula is C12H15NO4S. The van der Waals surface area contributed by atoms with Crippen molar-refractivity contribution in [3.63, 3.8) is 0 Å². The highest BCUT2D eigenvalue weighted by Gasteiger charge is 2.02. The van der Waals surface area contributed by atoms with E-state index in [9.17, 15) is 9.59 Å². The molecule has 0 saturated carbocycles. The number of carbonyl (C=O) groups is 2. The van der Waals surface area contributed by atoms with Gasteiger partial charge in [-0.15, -0.1) is 11.8 Å². The number of carbonyl (C=O) groups excluding carboxylic acids is 1. The van der Waals surface area contributed by atoms with Crippen molar-refractivity contribution >= 4 is 23.6 Å². The Hall–Kier alpha value is -1.53. The Bertz CT molecular complexity index is 383. The van der Waals surface area contributed by atoms with Crippen molar-refractivity contribution in [3.8, 4) is 0 Å². The summed E-state index contributed by atoms with van der Waals surface area (Å²) in [4.78, 5) is 22.6. The van der Waals surface area contributed by atoms with Crippen LogP contribution in [0.4, 0.5) is 0 Å². The summed E-state index contributed by atoms with van der Waals surface area (Å²) in [7, 11) is 0. The Morgan fingerprint density at radius 1 is 1.28 bits per heavy atom. The molecule has 6 heteroatoms. The van der Waals surface area contributed by atoms with E-state index in [4.69, 9.17) is 9.84 Å². The number of hydrogen-bond donors (Lipinski definition) is 2. The number of thioether (sulfide) groups is 1. The van der Waals surface area contributed by atoms with Crippen molar-refractivity contribution in [3.05, 3.63) is 30.3 Å². The third kappa shape index (κ3) is 6.93. The predicted octanol–water partition coefficient (Wildman–Crippen LogP) is 0.996. The molecule has 5 nitrogen and oxygen atoms in total. The zero-order valence-electron chi connectivity index (χ0n) is 9.80. The van der Waals surface area contributed by atoms with Crippen LogP contribution < -0.4 is 5.32 Å². The topological polar surface area (TPSA) is 75.6 Å². The molecule has 0 aliphatic heterocycles. The van der Waals surface area contributed by atoms with Crippen molar-refractivity contribution < 1.29 is 19.4 Å². The summed E-state index contributed by atoms with van der Waals surface area (Å²) in [5.41, 5.74) is 0. The molecule has 0 aliphatic rings. The number of amides is 1. The van der Waals surface area contributed by atoms with Crippen LogP contribution >= 0.6 is 11.8 Å². The summed E-state index contributed by atoms with van der Waals surface area (Å²) in [6.07, 6.45) is 0. The fraction of sp³-hybridized carbons (Fsp3) is 0.333. The number of carboxylic acid groups (broad SMARTS) is 1. The van der Waals surface area contributed by atoms with Crippen LogP contribution in [0.25, 0.3) is 0 Å². The van der Waals surface area contributed by atoms with Gasteiger partial charge in [0.25, 0.3) is 0 Å². The van der Waals surface area contributed by atoms with Gasteiger partial charge in [0.15, 0.2) is 0 Å². The molecule has 0 atom stereocenters. The van der Waals surface area contributed by atoms with Crippen molar-refractivity contribution in [2.24, 2.45) is 0 Å². The first-order valence-corrected chi connectivity index (χ1v) is 6.41. The van der Waals surface area contributed by atoms with Crippen molar-refractivity contribution in [2.45, 2.75) is 4.90 Å². The molecule has 0 spiro atoms. The van der Waals surface area contributed by atoms with Crippen LogP contribution in [0.5, 0.6) is 0 Å². The van der Waals surface area contributed by atoms with E-state index in [0.29, 0.717) is 12.3 Å². The molecule has 1 aromatic carbocycles. The molecule has 0 bridgehead atoms. The second-order valence-corrected chi connectivity index (χ2v) is 4.45. The van der Waals surface area contributed by atoms with Crippen molar-refractivity contribution in [2.75, 3.05) is 25.5 Å². The van der Waals surface area contributed by atoms with E-state index in [1.807, 2.05) is 30.3 Å². The Morgan fingerprint density at radius 3 is 2.67 bits per heavy atom. The smallest absolute Gasteiger partial charge is 0.329 e. The minimum absolute atomic E-state index is 0.0946. The molecule has 1 amide bonds. The van der Waals surface area contributed by atoms with Gasteiger partial charge >= 0.3 is 5.97 Å². The second-order valence-electron chi connectivity index (χ2n) is 3.40. The summed E-state index contributed by atoms with van der Waals surface area (Å²) < 4.78 is 4.79. The highest BCUT2D eigenvalue weighted by Crippen LogP contribution is 2.15. The quantitative estimate of drug-likeness (QED) is 0.544. The number of benzene rings is 1. The molecule has 0 heterocycles. The van der Waals surface area contributed by atoms with Gasteiger partial charge in [-0.25, -0.2) is 4.79 Å². The van der Waals surface area contributed by atoms with E-state index in [1.54, 1.807) is 0 Å². The van der Waals surface area contributed by atoms with Crippen LogP contribution in [-0.2, 0) is 14.3 Å². The van der Waals surface area contributed by atoms with Gasteiger partial charge in [-0.1, -0.05) is 18.2 Å². The third-order valence-corrected chi connectivity index (χ3v) is 2.92. The SMILES string of the molecule is O=C(O)COCCNC(=O)CSc1ccccc1. The summed E-state index contributed by atoms with van der Waals surface area (Å²) in [5, 5.41) is 11.0. The molecule has 98 valence electrons. The van der Waals surface area contributed by atoms with Gasteiger partial charge in [0.1, 0.15) is 6.61 Å². The lowest BCUT2D eigenvalue weighted by Crippen LogP contribution is -2.29. The maximum Gasteiger partial charge on any atom is 0.329 e. The first kappa shape index (κ1) is 14.5. The van der Waals surface area contributed by atoms with Crippen LogP contribution in [-0.4, -0.2) is 42.5 Å². The lowest BCUT2D eigenvalue weighted by Gasteiger charge is -2.05. The molecule has 0 unspecified atom stereocenters. The molecule has 1 rings (SSSR count). The Labute approximate surface area is 110 Å². The minimum Gasteiger partial charge on any atom is -0.480 e. The highest BCUT2D eigenvalue weighted by atomic mass is 32.2. The zero-order chi connectivity index (χ0) is 13.2. The van der Waals surface area contributed by atoms with E-state index in [2.05, 4.69) is 5.32 Å². The zero-order valence-corrected chi connectivity index (χ0v) is 10.6. The molecule has 0 saturated heterocycles. The lowest BCUT2D eigenvalue weighted by atomic mass is 10.4. The first-order chi connectivity index (χ1) is 8.68. The van der Waals surface area contributed by atoms with E-state index in [0.717, 1.165) is 4.90 Å². The summed E-state index contributed by atoms with van der Waals surface area (Å²) in [6, 6.07) is 9.63. The van der Waals surface area contributed by atoms with E-state index < -0.39 is 5.97 Å². The second kappa shape index (κ2) is 8.54. The average Bonchev–Trinajstić information content (AvgIpc) is 2.37. The minimum atomic E-state index is -1.01. The van der Waals surface area contributed by atoms with Crippen LogP contribution in [0, 0.1) is 0 Å². The monoisotopic (exact) mass is 269 g/mol. The van der Waals surface area contributed by atoms with Gasteiger partial charge in [-0.05, 0) is 12.1 Å². The molecule has 0 aromatic heterocycles. The average molecular weight is 269 g/mol. The Kier molecular flexibility index (Phi) is 6.90. The number of ether oxygens (including phenoxy) is 1. The molecule has 1 aromatic rings. The summed E-state index contributed by atoms with van der Waals surface area (Å²) in [5.74, 6) is -0.771.